The molecule has 3 heterocycles. The predicted octanol–water partition coefficient (Wildman–Crippen LogP) is 7.50. The lowest BCUT2D eigenvalue weighted by Gasteiger charge is -2.29. The molecule has 0 bridgehead atoms. The Labute approximate surface area is 362 Å². The molecule has 61 heavy (non-hydrogen) atoms. The van der Waals surface area contributed by atoms with Crippen molar-refractivity contribution in [2.45, 2.75) is 45.6 Å². The van der Waals surface area contributed by atoms with Crippen LogP contribution in [0.1, 0.15) is 38.4 Å². The molecule has 1 aliphatic rings. The van der Waals surface area contributed by atoms with Crippen LogP contribution in [0.25, 0.3) is 10.2 Å². The maximum atomic E-state index is 14.1. The van der Waals surface area contributed by atoms with Crippen LogP contribution >= 0.6 is 34.4 Å². The maximum Gasteiger partial charge on any atom is 0.501 e. The van der Waals surface area contributed by atoms with E-state index in [0.717, 1.165) is 49.7 Å². The van der Waals surface area contributed by atoms with Crippen LogP contribution in [0.5, 0.6) is 0 Å². The van der Waals surface area contributed by atoms with Gasteiger partial charge in [0.05, 0.1) is 20.8 Å². The highest BCUT2D eigenvalue weighted by atomic mass is 32.2. The molecular weight excluding hydrogens is 892 g/mol. The number of aromatic nitrogens is 2. The number of thiazole rings is 2. The number of sulfonamides is 1. The fourth-order valence-corrected chi connectivity index (χ4v) is 11.2. The molecule has 0 saturated carbocycles. The van der Waals surface area contributed by atoms with Crippen LogP contribution in [0, 0.1) is 0 Å². The maximum absolute atomic E-state index is 14.1. The van der Waals surface area contributed by atoms with Crippen LogP contribution in [0.3, 0.4) is 0 Å². The van der Waals surface area contributed by atoms with Crippen molar-refractivity contribution in [1.29, 1.82) is 0 Å². The van der Waals surface area contributed by atoms with E-state index < -0.39 is 52.8 Å². The monoisotopic (exact) mass is 929 g/mol. The van der Waals surface area contributed by atoms with Crippen LogP contribution < -0.4 is 20.3 Å². The highest BCUT2D eigenvalue weighted by Gasteiger charge is 2.48. The van der Waals surface area contributed by atoms with E-state index in [2.05, 4.69) is 20.6 Å². The quantitative estimate of drug-likeness (QED) is 0.0868. The summed E-state index contributed by atoms with van der Waals surface area (Å²) >= 11 is 3.83. The number of sulfone groups is 1. The van der Waals surface area contributed by atoms with Crippen molar-refractivity contribution in [2.75, 3.05) is 48.5 Å². The molecule has 0 spiro atoms. The van der Waals surface area contributed by atoms with Crippen LogP contribution in [-0.4, -0.2) is 88.0 Å². The number of hydrogen-bond acceptors (Lipinski definition) is 14. The number of carbonyl (C=O) groups excluding carboxylic acids is 2. The molecular formula is C40H38F3N7O6S5. The fraction of sp³-hybridized carbons (Fsp3) is 0.250. The molecule has 320 valence electrons. The lowest BCUT2D eigenvalue weighted by molar-refractivity contribution is -0.0435. The van der Waals surface area contributed by atoms with E-state index in [4.69, 9.17) is 0 Å². The standard InChI is InChI=1S/C40H38F3N7O6S5/c1-49(2)19-18-26(23-57-27-10-4-3-5-11-27)44-32-16-15-28(21-35(32)60(53,54)40(41,42)43)61(55,56)48-37(52)33-24-58-39(46-33)50-20-17-25-9-8-12-29(30(25)22-50)36(51)47-38-45-31-13-6-7-14-34(31)59-38/h3-16,21,24,26,44H,17-20,22-23H2,1-2H3,(H,48,52)(H,45,47,51)/t26-/m1/s1. The number of alkyl halides is 3. The number of nitrogens with zero attached hydrogens (tertiary/aromatic N) is 4. The van der Waals surface area contributed by atoms with Gasteiger partial charge in [0.15, 0.2) is 10.3 Å². The van der Waals surface area contributed by atoms with Crippen molar-refractivity contribution >= 4 is 92.3 Å². The second-order valence-electron chi connectivity index (χ2n) is 14.2. The summed E-state index contributed by atoms with van der Waals surface area (Å²) < 4.78 is 97.9. The average molecular weight is 930 g/mol. The molecule has 13 nitrogen and oxygen atoms in total. The molecule has 0 saturated heterocycles. The topological polar surface area (TPSA) is 171 Å². The van der Waals surface area contributed by atoms with E-state index in [1.807, 2.05) is 89.3 Å². The van der Waals surface area contributed by atoms with Gasteiger partial charge in [-0.1, -0.05) is 53.8 Å². The van der Waals surface area contributed by atoms with E-state index in [-0.39, 0.29) is 18.1 Å². The van der Waals surface area contributed by atoms with E-state index in [0.29, 0.717) is 53.6 Å². The number of nitrogens with one attached hydrogen (secondary N) is 3. The largest absolute Gasteiger partial charge is 0.501 e. The van der Waals surface area contributed by atoms with E-state index >= 15 is 0 Å². The van der Waals surface area contributed by atoms with Crippen molar-refractivity contribution in [1.82, 2.24) is 19.6 Å². The van der Waals surface area contributed by atoms with Crippen molar-refractivity contribution in [3.8, 4) is 0 Å². The van der Waals surface area contributed by atoms with Gasteiger partial charge in [-0.25, -0.2) is 31.5 Å². The number of fused-ring (bicyclic) bond motifs is 2. The highest BCUT2D eigenvalue weighted by molar-refractivity contribution is 7.99. The summed E-state index contributed by atoms with van der Waals surface area (Å²) in [6, 6.07) is 24.0. The van der Waals surface area contributed by atoms with Crippen LogP contribution in [0.4, 0.5) is 29.1 Å². The van der Waals surface area contributed by atoms with Gasteiger partial charge in [0.25, 0.3) is 31.7 Å². The number of halogens is 3. The SMILES string of the molecule is CN(C)CC[C@H](CSc1ccccc1)Nc1ccc(S(=O)(=O)NC(=O)c2csc(N3CCc4cccc(C(=O)Nc5nc6ccccc6s5)c4C3)n2)cc1S(=O)(=O)C(F)(F)F. The second-order valence-corrected chi connectivity index (χ2v) is 20.7. The van der Waals surface area contributed by atoms with Gasteiger partial charge in [0.1, 0.15) is 10.6 Å². The van der Waals surface area contributed by atoms with Gasteiger partial charge >= 0.3 is 5.51 Å². The minimum atomic E-state index is -6.08. The number of anilines is 3. The van der Waals surface area contributed by atoms with Crippen LogP contribution in [0.2, 0.25) is 0 Å². The number of amides is 2. The van der Waals surface area contributed by atoms with Gasteiger partial charge in [-0.3, -0.25) is 14.9 Å². The van der Waals surface area contributed by atoms with Gasteiger partial charge in [0, 0.05) is 40.7 Å². The number of carbonyl (C=O) groups is 2. The molecule has 0 fully saturated rings. The fourth-order valence-electron chi connectivity index (χ4n) is 6.47. The minimum absolute atomic E-state index is 0.253. The molecule has 0 unspecified atom stereocenters. The normalized spacial score (nSPS) is 13.8. The zero-order valence-corrected chi connectivity index (χ0v) is 36.6. The third kappa shape index (κ3) is 10.2. The van der Waals surface area contributed by atoms with Gasteiger partial charge < -0.3 is 15.1 Å². The third-order valence-corrected chi connectivity index (χ3v) is 15.5. The zero-order valence-electron chi connectivity index (χ0n) is 32.5. The Balaban J connectivity index is 1.08. The average Bonchev–Trinajstić information content (AvgIpc) is 3.89. The number of hydrogen-bond donors (Lipinski definition) is 3. The van der Waals surface area contributed by atoms with E-state index in [1.165, 1.54) is 28.5 Å². The van der Waals surface area contributed by atoms with Gasteiger partial charge in [-0.15, -0.1) is 23.1 Å². The Bertz CT molecular complexity index is 2770. The predicted molar refractivity (Wildman–Crippen MR) is 233 cm³/mol. The van der Waals surface area contributed by atoms with Gasteiger partial charge in [0.2, 0.25) is 0 Å². The highest BCUT2D eigenvalue weighted by Crippen LogP contribution is 2.37. The second kappa shape index (κ2) is 18.1. The Morgan fingerprint density at radius 1 is 0.934 bits per heavy atom. The summed E-state index contributed by atoms with van der Waals surface area (Å²) in [5, 5.41) is 7.94. The van der Waals surface area contributed by atoms with Crippen molar-refractivity contribution in [2.24, 2.45) is 0 Å². The lowest BCUT2D eigenvalue weighted by Crippen LogP contribution is -2.33. The number of thioether (sulfide) groups is 1. The van der Waals surface area contributed by atoms with E-state index in [1.54, 1.807) is 12.1 Å². The molecule has 0 aliphatic carbocycles. The molecule has 21 heteroatoms. The molecule has 4 aromatic carbocycles. The lowest BCUT2D eigenvalue weighted by atomic mass is 9.94. The van der Waals surface area contributed by atoms with Crippen molar-refractivity contribution < 1.29 is 39.6 Å². The molecule has 1 atom stereocenters. The summed E-state index contributed by atoms with van der Waals surface area (Å²) in [6.45, 7) is 1.24. The van der Waals surface area contributed by atoms with Crippen LogP contribution in [0.15, 0.2) is 111 Å². The first-order valence-electron chi connectivity index (χ1n) is 18.6. The summed E-state index contributed by atoms with van der Waals surface area (Å²) in [5.74, 6) is -1.18. The molecule has 3 N–H and O–H groups in total. The molecule has 6 aromatic rings. The zero-order chi connectivity index (χ0) is 43.5. The number of para-hydroxylation sites is 1. The number of rotatable bonds is 15. The summed E-state index contributed by atoms with van der Waals surface area (Å²) in [7, 11) is -7.36. The molecule has 0 radical (unpaired) electrons. The first-order chi connectivity index (χ1) is 29.0. The van der Waals surface area contributed by atoms with E-state index in [9.17, 15) is 39.6 Å². The smallest absolute Gasteiger partial charge is 0.380 e. The third-order valence-electron chi connectivity index (χ3n) is 9.59. The Morgan fingerprint density at radius 3 is 2.43 bits per heavy atom. The summed E-state index contributed by atoms with van der Waals surface area (Å²) in [5.41, 5.74) is -3.60. The molecule has 1 aliphatic heterocycles. The minimum Gasteiger partial charge on any atom is -0.380 e. The van der Waals surface area contributed by atoms with Gasteiger partial charge in [-0.2, -0.15) is 13.2 Å². The number of benzene rings is 4. The Hall–Kier alpha value is -5.06. The first-order valence-corrected chi connectivity index (χ1v) is 24.2. The van der Waals surface area contributed by atoms with Crippen LogP contribution in [-0.2, 0) is 32.8 Å². The molecule has 2 aromatic heterocycles. The Kier molecular flexibility index (Phi) is 13.1. The first kappa shape index (κ1) is 44.0. The van der Waals surface area contributed by atoms with Gasteiger partial charge in [-0.05, 0) is 93.1 Å². The molecule has 2 amide bonds. The molecule has 7 rings (SSSR count). The van der Waals surface area contributed by atoms with Crippen molar-refractivity contribution in [3.63, 3.8) is 0 Å². The Morgan fingerprint density at radius 2 is 1.69 bits per heavy atom. The summed E-state index contributed by atoms with van der Waals surface area (Å²) in [6.07, 6.45) is 0.957. The summed E-state index contributed by atoms with van der Waals surface area (Å²) in [4.78, 5) is 38.1. The van der Waals surface area contributed by atoms with Crippen molar-refractivity contribution in [3.05, 3.63) is 119 Å².